The smallest absolute Gasteiger partial charge is 0.0963 e. The van der Waals surface area contributed by atoms with Crippen molar-refractivity contribution in [1.82, 2.24) is 4.98 Å². The number of hydrogen-bond donors (Lipinski definition) is 1. The monoisotopic (exact) mass is 278 g/mol. The molecule has 94 valence electrons. The third-order valence-corrected chi connectivity index (χ3v) is 3.98. The van der Waals surface area contributed by atoms with Gasteiger partial charge in [-0.1, -0.05) is 35.9 Å². The molecule has 0 saturated heterocycles. The van der Waals surface area contributed by atoms with Crippen LogP contribution in [0.4, 0.5) is 0 Å². The topological polar surface area (TPSA) is 38.9 Å². The van der Waals surface area contributed by atoms with Gasteiger partial charge in [0.05, 0.1) is 5.03 Å². The fourth-order valence-corrected chi connectivity index (χ4v) is 2.64. The zero-order valence-electron chi connectivity index (χ0n) is 10.1. The maximum atomic E-state index is 6.11. The van der Waals surface area contributed by atoms with E-state index in [1.165, 1.54) is 0 Å². The van der Waals surface area contributed by atoms with Crippen molar-refractivity contribution in [2.45, 2.75) is 23.7 Å². The van der Waals surface area contributed by atoms with Crippen molar-refractivity contribution in [1.29, 1.82) is 0 Å². The molecule has 1 aromatic carbocycles. The van der Waals surface area contributed by atoms with Crippen molar-refractivity contribution in [2.24, 2.45) is 5.73 Å². The van der Waals surface area contributed by atoms with E-state index >= 15 is 0 Å². The van der Waals surface area contributed by atoms with Crippen molar-refractivity contribution in [2.75, 3.05) is 0 Å². The third kappa shape index (κ3) is 3.48. The van der Waals surface area contributed by atoms with E-state index in [1.54, 1.807) is 11.8 Å². The molecule has 2 aromatic rings. The van der Waals surface area contributed by atoms with Gasteiger partial charge in [0.2, 0.25) is 0 Å². The first-order valence-corrected chi connectivity index (χ1v) is 7.11. The van der Waals surface area contributed by atoms with Crippen molar-refractivity contribution in [3.05, 3.63) is 58.7 Å². The summed E-state index contributed by atoms with van der Waals surface area (Å²) in [6.07, 6.45) is 1.83. The molecule has 1 atom stereocenters. The standard InChI is InChI=1S/C14H15ClN2S/c1-10(16)11-6-7-14(17-8-11)18-9-12-4-2-3-5-13(12)15/h2-8,10H,9,16H2,1H3/t10-/m0/s1. The summed E-state index contributed by atoms with van der Waals surface area (Å²) in [6, 6.07) is 11.9. The lowest BCUT2D eigenvalue weighted by molar-refractivity contribution is 0.806. The summed E-state index contributed by atoms with van der Waals surface area (Å²) in [5, 5.41) is 1.79. The molecular formula is C14H15ClN2S. The summed E-state index contributed by atoms with van der Waals surface area (Å²) < 4.78 is 0. The molecular weight excluding hydrogens is 264 g/mol. The second-order valence-electron chi connectivity index (χ2n) is 4.10. The molecule has 0 saturated carbocycles. The van der Waals surface area contributed by atoms with Crippen LogP contribution in [0, 0.1) is 0 Å². The Kier molecular flexibility index (Phi) is 4.64. The highest BCUT2D eigenvalue weighted by atomic mass is 35.5. The molecule has 0 bridgehead atoms. The molecule has 0 fully saturated rings. The molecule has 2 nitrogen and oxygen atoms in total. The van der Waals surface area contributed by atoms with Crippen LogP contribution in [0.2, 0.25) is 5.02 Å². The van der Waals surface area contributed by atoms with E-state index in [1.807, 2.05) is 49.5 Å². The molecule has 2 rings (SSSR count). The Bertz CT molecular complexity index is 511. The molecule has 4 heteroatoms. The number of rotatable bonds is 4. The van der Waals surface area contributed by atoms with E-state index in [9.17, 15) is 0 Å². The van der Waals surface area contributed by atoms with Gasteiger partial charge in [0, 0.05) is 23.0 Å². The predicted molar refractivity (Wildman–Crippen MR) is 77.9 cm³/mol. The van der Waals surface area contributed by atoms with Crippen LogP contribution in [-0.4, -0.2) is 4.98 Å². The summed E-state index contributed by atoms with van der Waals surface area (Å²) in [5.41, 5.74) is 7.96. The van der Waals surface area contributed by atoms with Gasteiger partial charge in [0.15, 0.2) is 0 Å². The van der Waals surface area contributed by atoms with Crippen molar-refractivity contribution >= 4 is 23.4 Å². The van der Waals surface area contributed by atoms with Crippen LogP contribution < -0.4 is 5.73 Å². The van der Waals surface area contributed by atoms with Crippen LogP contribution in [0.25, 0.3) is 0 Å². The molecule has 2 N–H and O–H groups in total. The maximum absolute atomic E-state index is 6.11. The van der Waals surface area contributed by atoms with Gasteiger partial charge in [-0.05, 0) is 30.2 Å². The van der Waals surface area contributed by atoms with Gasteiger partial charge < -0.3 is 5.73 Å². The summed E-state index contributed by atoms with van der Waals surface area (Å²) >= 11 is 7.78. The first kappa shape index (κ1) is 13.4. The quantitative estimate of drug-likeness (QED) is 0.858. The van der Waals surface area contributed by atoms with E-state index in [0.29, 0.717) is 0 Å². The predicted octanol–water partition coefficient (Wildman–Crippen LogP) is 4.05. The van der Waals surface area contributed by atoms with Crippen molar-refractivity contribution in [3.63, 3.8) is 0 Å². The number of thioether (sulfide) groups is 1. The van der Waals surface area contributed by atoms with E-state index in [4.69, 9.17) is 17.3 Å². The Hall–Kier alpha value is -1.03. The normalized spacial score (nSPS) is 12.4. The number of halogens is 1. The lowest BCUT2D eigenvalue weighted by Crippen LogP contribution is -2.04. The SMILES string of the molecule is C[C@H](N)c1ccc(SCc2ccccc2Cl)nc1. The number of pyridine rings is 1. The Morgan fingerprint density at radius 2 is 2.06 bits per heavy atom. The maximum Gasteiger partial charge on any atom is 0.0963 e. The third-order valence-electron chi connectivity index (χ3n) is 2.62. The van der Waals surface area contributed by atoms with Gasteiger partial charge >= 0.3 is 0 Å². The zero-order chi connectivity index (χ0) is 13.0. The molecule has 0 aliphatic carbocycles. The van der Waals surface area contributed by atoms with Crippen LogP contribution in [0.1, 0.15) is 24.1 Å². The lowest BCUT2D eigenvalue weighted by atomic mass is 10.2. The molecule has 0 spiro atoms. The van der Waals surface area contributed by atoms with E-state index < -0.39 is 0 Å². The zero-order valence-corrected chi connectivity index (χ0v) is 11.7. The van der Waals surface area contributed by atoms with Gasteiger partial charge in [0.1, 0.15) is 0 Å². The van der Waals surface area contributed by atoms with E-state index in [2.05, 4.69) is 4.98 Å². The number of nitrogens with two attached hydrogens (primary N) is 1. The van der Waals surface area contributed by atoms with Crippen LogP contribution in [0.5, 0.6) is 0 Å². The van der Waals surface area contributed by atoms with Gasteiger partial charge in [-0.25, -0.2) is 4.98 Å². The number of benzene rings is 1. The molecule has 1 heterocycles. The average Bonchev–Trinajstić information content (AvgIpc) is 2.38. The van der Waals surface area contributed by atoms with Crippen LogP contribution in [0.3, 0.4) is 0 Å². The number of nitrogens with zero attached hydrogens (tertiary/aromatic N) is 1. The largest absolute Gasteiger partial charge is 0.324 e. The number of aromatic nitrogens is 1. The van der Waals surface area contributed by atoms with E-state index in [0.717, 1.165) is 26.9 Å². The Balaban J connectivity index is 2.00. The Labute approximate surface area is 117 Å². The highest BCUT2D eigenvalue weighted by molar-refractivity contribution is 7.98. The first-order chi connectivity index (χ1) is 8.66. The van der Waals surface area contributed by atoms with E-state index in [-0.39, 0.29) is 6.04 Å². The summed E-state index contributed by atoms with van der Waals surface area (Å²) in [7, 11) is 0. The fraction of sp³-hybridized carbons (Fsp3) is 0.214. The second-order valence-corrected chi connectivity index (χ2v) is 5.50. The molecule has 0 aliphatic rings. The molecule has 0 aliphatic heterocycles. The first-order valence-electron chi connectivity index (χ1n) is 5.74. The molecule has 1 aromatic heterocycles. The van der Waals surface area contributed by atoms with Crippen molar-refractivity contribution < 1.29 is 0 Å². The Morgan fingerprint density at radius 3 is 2.67 bits per heavy atom. The van der Waals surface area contributed by atoms with Crippen LogP contribution in [-0.2, 0) is 5.75 Å². The molecule has 0 unspecified atom stereocenters. The number of hydrogen-bond acceptors (Lipinski definition) is 3. The van der Waals surface area contributed by atoms with Crippen LogP contribution in [0.15, 0.2) is 47.6 Å². The fourth-order valence-electron chi connectivity index (χ4n) is 1.51. The molecule has 0 amide bonds. The van der Waals surface area contributed by atoms with Gasteiger partial charge in [-0.2, -0.15) is 0 Å². The average molecular weight is 279 g/mol. The summed E-state index contributed by atoms with van der Waals surface area (Å²) in [4.78, 5) is 4.38. The molecule has 0 radical (unpaired) electrons. The highest BCUT2D eigenvalue weighted by Crippen LogP contribution is 2.25. The molecule has 18 heavy (non-hydrogen) atoms. The Morgan fingerprint density at radius 1 is 1.28 bits per heavy atom. The van der Waals surface area contributed by atoms with Gasteiger partial charge in [0.25, 0.3) is 0 Å². The minimum atomic E-state index is 0.0279. The van der Waals surface area contributed by atoms with Crippen molar-refractivity contribution in [3.8, 4) is 0 Å². The summed E-state index contributed by atoms with van der Waals surface area (Å²) in [6.45, 7) is 1.95. The van der Waals surface area contributed by atoms with Gasteiger partial charge in [-0.3, -0.25) is 0 Å². The lowest BCUT2D eigenvalue weighted by Gasteiger charge is -2.06. The van der Waals surface area contributed by atoms with Gasteiger partial charge in [-0.15, -0.1) is 11.8 Å². The highest BCUT2D eigenvalue weighted by Gasteiger charge is 2.03. The summed E-state index contributed by atoms with van der Waals surface area (Å²) in [5.74, 6) is 0.824. The van der Waals surface area contributed by atoms with Crippen LogP contribution >= 0.6 is 23.4 Å². The minimum absolute atomic E-state index is 0.0279. The minimum Gasteiger partial charge on any atom is -0.324 e. The second kappa shape index (κ2) is 6.23.